The van der Waals surface area contributed by atoms with Gasteiger partial charge in [-0.1, -0.05) is 6.08 Å². The number of carbonyl (C=O) groups is 3. The van der Waals surface area contributed by atoms with Crippen molar-refractivity contribution in [1.82, 2.24) is 10.2 Å². The Labute approximate surface area is 217 Å². The van der Waals surface area contributed by atoms with Crippen LogP contribution < -0.4 is 14.8 Å². The molecule has 1 saturated heterocycles. The van der Waals surface area contributed by atoms with Crippen molar-refractivity contribution in [1.29, 1.82) is 0 Å². The van der Waals surface area contributed by atoms with Gasteiger partial charge in [-0.2, -0.15) is 0 Å². The Bertz CT molecular complexity index is 1430. The van der Waals surface area contributed by atoms with Gasteiger partial charge in [0.15, 0.2) is 11.5 Å². The summed E-state index contributed by atoms with van der Waals surface area (Å²) in [5.41, 5.74) is 1.58. The van der Waals surface area contributed by atoms with Crippen LogP contribution >= 0.6 is 0 Å². The molecule has 0 atom stereocenters. The molecule has 11 nitrogen and oxygen atoms in total. The number of nitro benzene ring substituents is 1. The van der Waals surface area contributed by atoms with Crippen LogP contribution in [0.1, 0.15) is 22.5 Å². The maximum atomic E-state index is 13.1. The van der Waals surface area contributed by atoms with Gasteiger partial charge in [0.25, 0.3) is 17.5 Å². The molecule has 0 bridgehead atoms. The maximum Gasteiger partial charge on any atom is 0.331 e. The monoisotopic (exact) mass is 517 g/mol. The van der Waals surface area contributed by atoms with Gasteiger partial charge in [-0.15, -0.1) is 6.58 Å². The van der Waals surface area contributed by atoms with E-state index in [2.05, 4.69) is 11.9 Å². The van der Waals surface area contributed by atoms with Crippen LogP contribution in [-0.4, -0.2) is 34.8 Å². The Balaban J connectivity index is 1.63. The summed E-state index contributed by atoms with van der Waals surface area (Å²) in [6.07, 6.45) is 4.83. The SMILES string of the molecule is C=CCc1cc(/C=C2\C(=O)NC(=O)N(Cc3ccco3)C2=O)cc(OC)c1OCc1ccc([N+](=O)[O-])cc1. The van der Waals surface area contributed by atoms with E-state index in [9.17, 15) is 24.5 Å². The molecule has 0 aliphatic carbocycles. The third kappa shape index (κ3) is 5.62. The zero-order valence-corrected chi connectivity index (χ0v) is 20.3. The highest BCUT2D eigenvalue weighted by molar-refractivity contribution is 6.30. The molecule has 4 rings (SSSR count). The number of allylic oxidation sites excluding steroid dienone is 1. The van der Waals surface area contributed by atoms with Gasteiger partial charge < -0.3 is 13.9 Å². The zero-order valence-electron chi connectivity index (χ0n) is 20.3. The molecule has 1 aliphatic heterocycles. The van der Waals surface area contributed by atoms with E-state index in [-0.39, 0.29) is 24.4 Å². The number of ether oxygens (including phenoxy) is 2. The van der Waals surface area contributed by atoms with Crippen molar-refractivity contribution in [3.8, 4) is 11.5 Å². The Hall–Kier alpha value is -5.19. The van der Waals surface area contributed by atoms with E-state index in [0.717, 1.165) is 4.90 Å². The van der Waals surface area contributed by atoms with Gasteiger partial charge in [-0.25, -0.2) is 4.79 Å². The summed E-state index contributed by atoms with van der Waals surface area (Å²) in [7, 11) is 1.45. The minimum atomic E-state index is -0.839. The largest absolute Gasteiger partial charge is 0.493 e. The highest BCUT2D eigenvalue weighted by Crippen LogP contribution is 2.35. The number of furan rings is 1. The molecule has 4 amide bonds. The van der Waals surface area contributed by atoms with E-state index in [4.69, 9.17) is 13.9 Å². The summed E-state index contributed by atoms with van der Waals surface area (Å²) in [5, 5.41) is 13.1. The van der Waals surface area contributed by atoms with Crippen LogP contribution in [0.2, 0.25) is 0 Å². The van der Waals surface area contributed by atoms with Crippen molar-refractivity contribution in [2.45, 2.75) is 19.6 Å². The maximum absolute atomic E-state index is 13.1. The molecular formula is C27H23N3O8. The lowest BCUT2D eigenvalue weighted by Crippen LogP contribution is -2.53. The van der Waals surface area contributed by atoms with Crippen LogP contribution in [0.4, 0.5) is 10.5 Å². The van der Waals surface area contributed by atoms with Gasteiger partial charge in [0.2, 0.25) is 0 Å². The number of benzene rings is 2. The van der Waals surface area contributed by atoms with Crippen molar-refractivity contribution in [2.75, 3.05) is 7.11 Å². The number of barbiturate groups is 1. The van der Waals surface area contributed by atoms with Crippen LogP contribution in [-0.2, 0) is 29.2 Å². The second-order valence-electron chi connectivity index (χ2n) is 8.20. The molecule has 1 fully saturated rings. The Morgan fingerprint density at radius 2 is 1.92 bits per heavy atom. The van der Waals surface area contributed by atoms with Crippen LogP contribution in [0.25, 0.3) is 6.08 Å². The molecule has 194 valence electrons. The predicted octanol–water partition coefficient (Wildman–Crippen LogP) is 4.17. The molecule has 0 unspecified atom stereocenters. The number of nitro groups is 1. The number of hydrogen-bond acceptors (Lipinski definition) is 8. The van der Waals surface area contributed by atoms with Crippen LogP contribution in [0.15, 0.2) is 77.4 Å². The molecule has 0 saturated carbocycles. The lowest BCUT2D eigenvalue weighted by molar-refractivity contribution is -0.384. The number of rotatable bonds is 10. The second kappa shape index (κ2) is 11.2. The van der Waals surface area contributed by atoms with Crippen LogP contribution in [0.3, 0.4) is 0 Å². The van der Waals surface area contributed by atoms with Crippen molar-refractivity contribution in [2.24, 2.45) is 0 Å². The number of hydrogen-bond donors (Lipinski definition) is 1. The van der Waals surface area contributed by atoms with Gasteiger partial charge in [-0.05, 0) is 60.0 Å². The molecule has 2 heterocycles. The number of nitrogens with zero attached hydrogens (tertiary/aromatic N) is 2. The Morgan fingerprint density at radius 1 is 1.16 bits per heavy atom. The molecule has 11 heteroatoms. The average molecular weight is 517 g/mol. The molecule has 1 aliphatic rings. The molecule has 2 aromatic carbocycles. The van der Waals surface area contributed by atoms with E-state index < -0.39 is 22.8 Å². The van der Waals surface area contributed by atoms with Gasteiger partial charge >= 0.3 is 6.03 Å². The first kappa shape index (κ1) is 25.9. The zero-order chi connectivity index (χ0) is 27.2. The first-order valence-corrected chi connectivity index (χ1v) is 11.4. The molecule has 0 radical (unpaired) electrons. The van der Waals surface area contributed by atoms with E-state index in [0.29, 0.717) is 40.4 Å². The third-order valence-electron chi connectivity index (χ3n) is 5.66. The van der Waals surface area contributed by atoms with Crippen LogP contribution in [0.5, 0.6) is 11.5 Å². The fraction of sp³-hybridized carbons (Fsp3) is 0.148. The number of amides is 4. The number of urea groups is 1. The van der Waals surface area contributed by atoms with E-state index in [1.807, 2.05) is 0 Å². The highest BCUT2D eigenvalue weighted by atomic mass is 16.6. The lowest BCUT2D eigenvalue weighted by atomic mass is 10.0. The standard InChI is InChI=1S/C27H23N3O8/c1-3-5-19-12-18(13-22-25(31)28-27(33)29(26(22)32)15-21-6-4-11-37-21)14-23(36-2)24(19)38-16-17-7-9-20(10-8-17)30(34)35/h3-4,6-14H,1,5,15-16H2,2H3,(H,28,31,33)/b22-13+. The van der Waals surface area contributed by atoms with E-state index in [1.54, 1.807) is 42.5 Å². The topological polar surface area (TPSA) is 141 Å². The van der Waals surface area contributed by atoms with Crippen molar-refractivity contribution >= 4 is 29.6 Å². The molecule has 3 aromatic rings. The van der Waals surface area contributed by atoms with Crippen molar-refractivity contribution in [3.05, 3.63) is 106 Å². The predicted molar refractivity (Wildman–Crippen MR) is 135 cm³/mol. The first-order valence-electron chi connectivity index (χ1n) is 11.4. The van der Waals surface area contributed by atoms with E-state index >= 15 is 0 Å². The fourth-order valence-electron chi connectivity index (χ4n) is 3.82. The summed E-state index contributed by atoms with van der Waals surface area (Å²) in [5.74, 6) is -0.449. The third-order valence-corrected chi connectivity index (χ3v) is 5.66. The molecule has 38 heavy (non-hydrogen) atoms. The van der Waals surface area contributed by atoms with E-state index in [1.165, 1.54) is 31.6 Å². The first-order chi connectivity index (χ1) is 18.3. The van der Waals surface area contributed by atoms with Gasteiger partial charge in [0, 0.05) is 17.7 Å². The molecule has 1 N–H and O–H groups in total. The van der Waals surface area contributed by atoms with Gasteiger partial charge in [0.1, 0.15) is 17.9 Å². The number of carbonyl (C=O) groups excluding carboxylic acids is 3. The fourth-order valence-corrected chi connectivity index (χ4v) is 3.82. The van der Waals surface area contributed by atoms with Crippen molar-refractivity contribution in [3.63, 3.8) is 0 Å². The molecular weight excluding hydrogens is 494 g/mol. The summed E-state index contributed by atoms with van der Waals surface area (Å²) in [6, 6.07) is 11.7. The summed E-state index contributed by atoms with van der Waals surface area (Å²) >= 11 is 0. The summed E-state index contributed by atoms with van der Waals surface area (Å²) < 4.78 is 16.7. The van der Waals surface area contributed by atoms with Crippen molar-refractivity contribution < 1.29 is 33.2 Å². The second-order valence-corrected chi connectivity index (χ2v) is 8.20. The normalized spacial score (nSPS) is 14.4. The number of nitrogens with one attached hydrogen (secondary N) is 1. The number of methoxy groups -OCH3 is 1. The highest BCUT2D eigenvalue weighted by Gasteiger charge is 2.36. The van der Waals surface area contributed by atoms with Gasteiger partial charge in [-0.3, -0.25) is 29.9 Å². The Morgan fingerprint density at radius 3 is 2.55 bits per heavy atom. The van der Waals surface area contributed by atoms with Crippen LogP contribution in [0, 0.1) is 10.1 Å². The minimum Gasteiger partial charge on any atom is -0.493 e. The summed E-state index contributed by atoms with van der Waals surface area (Å²) in [6.45, 7) is 3.75. The number of imide groups is 2. The quantitative estimate of drug-likeness (QED) is 0.139. The van der Waals surface area contributed by atoms with Gasteiger partial charge in [0.05, 0.1) is 24.8 Å². The average Bonchev–Trinajstić information content (AvgIpc) is 3.42. The minimum absolute atomic E-state index is 0.0261. The molecule has 0 spiro atoms. The summed E-state index contributed by atoms with van der Waals surface area (Å²) in [4.78, 5) is 49.2. The smallest absolute Gasteiger partial charge is 0.331 e. The number of non-ortho nitro benzene ring substituents is 1. The lowest BCUT2D eigenvalue weighted by Gasteiger charge is -2.25. The molecule has 1 aromatic heterocycles. The Kier molecular flexibility index (Phi) is 7.66.